The SMILES string of the molecule is O=C(NCC1CCN(c2ccc(OC(F)(F)F)cc2)C1)C1CCC1. The molecule has 2 fully saturated rings. The molecule has 1 saturated heterocycles. The van der Waals surface area contributed by atoms with Crippen LogP contribution in [0.1, 0.15) is 25.7 Å². The number of hydrogen-bond donors (Lipinski definition) is 1. The third-order valence-corrected chi connectivity index (χ3v) is 4.76. The van der Waals surface area contributed by atoms with Crippen LogP contribution < -0.4 is 15.0 Å². The molecule has 1 aliphatic heterocycles. The van der Waals surface area contributed by atoms with E-state index in [0.29, 0.717) is 12.5 Å². The summed E-state index contributed by atoms with van der Waals surface area (Å²) in [5.74, 6) is 0.520. The molecule has 2 aliphatic rings. The minimum absolute atomic E-state index is 0.161. The Morgan fingerprint density at radius 3 is 2.50 bits per heavy atom. The molecular weight excluding hydrogens is 321 g/mol. The predicted molar refractivity (Wildman–Crippen MR) is 83.8 cm³/mol. The van der Waals surface area contributed by atoms with Gasteiger partial charge in [0, 0.05) is 31.2 Å². The zero-order chi connectivity index (χ0) is 17.2. The summed E-state index contributed by atoms with van der Waals surface area (Å²) in [6, 6.07) is 5.93. The molecule has 1 heterocycles. The fourth-order valence-corrected chi connectivity index (χ4v) is 3.15. The Balaban J connectivity index is 1.47. The van der Waals surface area contributed by atoms with Crippen molar-refractivity contribution in [2.24, 2.45) is 11.8 Å². The molecule has 3 rings (SSSR count). The molecule has 0 bridgehead atoms. The molecule has 0 radical (unpaired) electrons. The number of amides is 1. The van der Waals surface area contributed by atoms with Crippen LogP contribution in [0.25, 0.3) is 0 Å². The normalized spacial score (nSPS) is 21.5. The molecular formula is C17H21F3N2O2. The number of benzene rings is 1. The number of alkyl halides is 3. The van der Waals surface area contributed by atoms with Crippen molar-refractivity contribution < 1.29 is 22.7 Å². The lowest BCUT2D eigenvalue weighted by Gasteiger charge is -2.25. The summed E-state index contributed by atoms with van der Waals surface area (Å²) in [7, 11) is 0. The maximum atomic E-state index is 12.2. The van der Waals surface area contributed by atoms with Gasteiger partial charge in [-0.1, -0.05) is 6.42 Å². The van der Waals surface area contributed by atoms with Gasteiger partial charge in [-0.2, -0.15) is 0 Å². The molecule has 1 aliphatic carbocycles. The van der Waals surface area contributed by atoms with Gasteiger partial charge in [0.1, 0.15) is 5.75 Å². The van der Waals surface area contributed by atoms with Gasteiger partial charge in [-0.05, 0) is 49.4 Å². The van der Waals surface area contributed by atoms with Gasteiger partial charge in [0.25, 0.3) is 0 Å². The summed E-state index contributed by atoms with van der Waals surface area (Å²) < 4.78 is 40.4. The summed E-state index contributed by atoms with van der Waals surface area (Å²) in [5.41, 5.74) is 0.873. The number of nitrogens with zero attached hydrogens (tertiary/aromatic N) is 1. The second-order valence-corrected chi connectivity index (χ2v) is 6.52. The van der Waals surface area contributed by atoms with E-state index in [9.17, 15) is 18.0 Å². The van der Waals surface area contributed by atoms with Gasteiger partial charge in [-0.15, -0.1) is 13.2 Å². The lowest BCUT2D eigenvalue weighted by molar-refractivity contribution is -0.274. The van der Waals surface area contributed by atoms with Crippen LogP contribution in [0.5, 0.6) is 5.75 Å². The van der Waals surface area contributed by atoms with Crippen molar-refractivity contribution in [3.8, 4) is 5.75 Å². The lowest BCUT2D eigenvalue weighted by atomic mass is 9.85. The monoisotopic (exact) mass is 342 g/mol. The van der Waals surface area contributed by atoms with Crippen molar-refractivity contribution in [3.05, 3.63) is 24.3 Å². The van der Waals surface area contributed by atoms with Crippen LogP contribution in [0, 0.1) is 11.8 Å². The number of carbonyl (C=O) groups is 1. The Morgan fingerprint density at radius 2 is 1.92 bits per heavy atom. The van der Waals surface area contributed by atoms with Gasteiger partial charge in [0.2, 0.25) is 5.91 Å². The highest BCUT2D eigenvalue weighted by Crippen LogP contribution is 2.29. The summed E-state index contributed by atoms with van der Waals surface area (Å²) in [6.07, 6.45) is -0.571. The molecule has 0 spiro atoms. The van der Waals surface area contributed by atoms with Crippen molar-refractivity contribution >= 4 is 11.6 Å². The highest BCUT2D eigenvalue weighted by molar-refractivity contribution is 5.79. The van der Waals surface area contributed by atoms with E-state index in [1.54, 1.807) is 12.1 Å². The second-order valence-electron chi connectivity index (χ2n) is 6.52. The Hall–Kier alpha value is -1.92. The number of carbonyl (C=O) groups excluding carboxylic acids is 1. The van der Waals surface area contributed by atoms with Gasteiger partial charge in [0.05, 0.1) is 0 Å². The zero-order valence-corrected chi connectivity index (χ0v) is 13.3. The largest absolute Gasteiger partial charge is 0.573 e. The van der Waals surface area contributed by atoms with E-state index in [-0.39, 0.29) is 17.6 Å². The van der Waals surface area contributed by atoms with Crippen LogP contribution in [0.4, 0.5) is 18.9 Å². The van der Waals surface area contributed by atoms with Crippen LogP contribution in [0.2, 0.25) is 0 Å². The molecule has 24 heavy (non-hydrogen) atoms. The molecule has 7 heteroatoms. The zero-order valence-electron chi connectivity index (χ0n) is 13.3. The first kappa shape index (κ1) is 16.9. The minimum Gasteiger partial charge on any atom is -0.406 e. The van der Waals surface area contributed by atoms with Crippen LogP contribution in [0.3, 0.4) is 0 Å². The molecule has 1 saturated carbocycles. The van der Waals surface area contributed by atoms with Crippen LogP contribution >= 0.6 is 0 Å². The van der Waals surface area contributed by atoms with Gasteiger partial charge in [-0.25, -0.2) is 0 Å². The van der Waals surface area contributed by atoms with Gasteiger partial charge < -0.3 is 15.0 Å². The highest BCUT2D eigenvalue weighted by Gasteiger charge is 2.31. The summed E-state index contributed by atoms with van der Waals surface area (Å²) in [4.78, 5) is 14.0. The Morgan fingerprint density at radius 1 is 1.21 bits per heavy atom. The van der Waals surface area contributed by atoms with E-state index in [1.807, 2.05) is 0 Å². The molecule has 1 unspecified atom stereocenters. The molecule has 1 aromatic carbocycles. The van der Waals surface area contributed by atoms with Crippen molar-refractivity contribution in [1.29, 1.82) is 0 Å². The maximum Gasteiger partial charge on any atom is 0.573 e. The topological polar surface area (TPSA) is 41.6 Å². The number of rotatable bonds is 5. The quantitative estimate of drug-likeness (QED) is 0.892. The first-order valence-electron chi connectivity index (χ1n) is 8.29. The van der Waals surface area contributed by atoms with Gasteiger partial charge >= 0.3 is 6.36 Å². The molecule has 1 N–H and O–H groups in total. The Labute approximate surface area is 139 Å². The van der Waals surface area contributed by atoms with Crippen LogP contribution in [0.15, 0.2) is 24.3 Å². The molecule has 0 aromatic heterocycles. The number of nitrogens with one attached hydrogen (secondary N) is 1. The summed E-state index contributed by atoms with van der Waals surface area (Å²) in [5, 5.41) is 3.02. The predicted octanol–water partition coefficient (Wildman–Crippen LogP) is 3.33. The van der Waals surface area contributed by atoms with E-state index in [4.69, 9.17) is 0 Å². The number of halogens is 3. The number of hydrogen-bond acceptors (Lipinski definition) is 3. The van der Waals surface area contributed by atoms with E-state index < -0.39 is 6.36 Å². The third kappa shape index (κ3) is 4.33. The smallest absolute Gasteiger partial charge is 0.406 e. The Bertz CT molecular complexity index is 570. The van der Waals surface area contributed by atoms with Crippen LogP contribution in [-0.4, -0.2) is 31.9 Å². The number of anilines is 1. The standard InChI is InChI=1S/C17H21F3N2O2/c18-17(19,20)24-15-6-4-14(5-7-15)22-9-8-12(11-22)10-21-16(23)13-2-1-3-13/h4-7,12-13H,1-3,8-11H2,(H,21,23). The number of ether oxygens (including phenoxy) is 1. The molecule has 1 atom stereocenters. The van der Waals surface area contributed by atoms with E-state index >= 15 is 0 Å². The maximum absolute atomic E-state index is 12.2. The average molecular weight is 342 g/mol. The fraction of sp³-hybridized carbons (Fsp3) is 0.588. The average Bonchev–Trinajstić information content (AvgIpc) is 2.91. The minimum atomic E-state index is -4.67. The van der Waals surface area contributed by atoms with Crippen molar-refractivity contribution in [2.75, 3.05) is 24.5 Å². The van der Waals surface area contributed by atoms with Gasteiger partial charge in [0.15, 0.2) is 0 Å². The highest BCUT2D eigenvalue weighted by atomic mass is 19.4. The van der Waals surface area contributed by atoms with Crippen LogP contribution in [-0.2, 0) is 4.79 Å². The van der Waals surface area contributed by atoms with Crippen molar-refractivity contribution in [1.82, 2.24) is 5.32 Å². The van der Waals surface area contributed by atoms with Gasteiger partial charge in [-0.3, -0.25) is 4.79 Å². The van der Waals surface area contributed by atoms with Crippen molar-refractivity contribution in [3.63, 3.8) is 0 Å². The molecule has 1 amide bonds. The second kappa shape index (κ2) is 6.91. The van der Waals surface area contributed by atoms with E-state index in [1.165, 1.54) is 12.1 Å². The molecule has 132 valence electrons. The molecule has 1 aromatic rings. The molecule has 4 nitrogen and oxygen atoms in total. The lowest BCUT2D eigenvalue weighted by Crippen LogP contribution is -2.37. The first-order valence-corrected chi connectivity index (χ1v) is 8.29. The van der Waals surface area contributed by atoms with Crippen molar-refractivity contribution in [2.45, 2.75) is 32.0 Å². The van der Waals surface area contributed by atoms with E-state index in [0.717, 1.165) is 44.5 Å². The Kier molecular flexibility index (Phi) is 4.87. The summed E-state index contributed by atoms with van der Waals surface area (Å²) >= 11 is 0. The fourth-order valence-electron chi connectivity index (χ4n) is 3.15. The summed E-state index contributed by atoms with van der Waals surface area (Å²) in [6.45, 7) is 2.30. The van der Waals surface area contributed by atoms with E-state index in [2.05, 4.69) is 15.0 Å². The first-order chi connectivity index (χ1) is 11.4. The third-order valence-electron chi connectivity index (χ3n) is 4.76.